The molecule has 20 heavy (non-hydrogen) atoms. The van der Waals surface area contributed by atoms with Gasteiger partial charge in [0.1, 0.15) is 0 Å². The van der Waals surface area contributed by atoms with Gasteiger partial charge in [-0.2, -0.15) is 0 Å². The molecule has 0 amide bonds. The van der Waals surface area contributed by atoms with Crippen LogP contribution in [0.4, 0.5) is 0 Å². The average molecular weight is 305 g/mol. The molecular formula is C14H28NO4P. The minimum atomic E-state index is -3.90. The van der Waals surface area contributed by atoms with Crippen molar-refractivity contribution < 1.29 is 18.5 Å². The molecule has 3 atom stereocenters. The van der Waals surface area contributed by atoms with Gasteiger partial charge in [-0.25, -0.2) is 4.57 Å². The lowest BCUT2D eigenvalue weighted by molar-refractivity contribution is 0.140. The smallest absolute Gasteiger partial charge is 0.307 e. The van der Waals surface area contributed by atoms with Gasteiger partial charge in [-0.1, -0.05) is 25.5 Å². The first kappa shape index (κ1) is 17.9. The highest BCUT2D eigenvalue weighted by atomic mass is 31.2. The van der Waals surface area contributed by atoms with E-state index in [0.717, 1.165) is 12.3 Å². The first-order valence-electron chi connectivity index (χ1n) is 7.25. The van der Waals surface area contributed by atoms with E-state index in [1.807, 2.05) is 19.0 Å². The van der Waals surface area contributed by atoms with Crippen LogP contribution in [-0.4, -0.2) is 43.6 Å². The van der Waals surface area contributed by atoms with Crippen molar-refractivity contribution in [3.05, 3.63) is 11.6 Å². The standard InChI is InChI=1S/C14H28NO4P/c1-12-5-6-14(13(2)11-12)7-9-18-20(16,17)19-10-8-15(3)4/h6,12-13H,5,7-11H2,1-4H3,(H,16,17)/t12-,13-/m1/s1. The molecule has 1 unspecified atom stereocenters. The summed E-state index contributed by atoms with van der Waals surface area (Å²) in [4.78, 5) is 11.4. The molecule has 0 saturated carbocycles. The number of hydrogen-bond acceptors (Lipinski definition) is 4. The minimum Gasteiger partial charge on any atom is -0.307 e. The second-order valence-electron chi connectivity index (χ2n) is 5.94. The molecule has 1 aliphatic rings. The first-order valence-corrected chi connectivity index (χ1v) is 8.75. The number of rotatable bonds is 8. The molecule has 5 nitrogen and oxygen atoms in total. The van der Waals surface area contributed by atoms with Gasteiger partial charge in [-0.15, -0.1) is 0 Å². The first-order chi connectivity index (χ1) is 9.30. The zero-order valence-electron chi connectivity index (χ0n) is 13.0. The molecule has 118 valence electrons. The maximum Gasteiger partial charge on any atom is 0.472 e. The van der Waals surface area contributed by atoms with E-state index in [1.165, 1.54) is 12.0 Å². The largest absolute Gasteiger partial charge is 0.472 e. The van der Waals surface area contributed by atoms with E-state index in [-0.39, 0.29) is 13.2 Å². The van der Waals surface area contributed by atoms with Crippen molar-refractivity contribution in [2.24, 2.45) is 11.8 Å². The van der Waals surface area contributed by atoms with E-state index in [2.05, 4.69) is 19.9 Å². The Balaban J connectivity index is 2.27. The van der Waals surface area contributed by atoms with Crippen LogP contribution in [0.25, 0.3) is 0 Å². The van der Waals surface area contributed by atoms with Crippen molar-refractivity contribution in [1.29, 1.82) is 0 Å². The molecule has 0 aliphatic heterocycles. The van der Waals surface area contributed by atoms with E-state index >= 15 is 0 Å². The zero-order chi connectivity index (χ0) is 15.2. The molecule has 0 bridgehead atoms. The van der Waals surface area contributed by atoms with Crippen LogP contribution < -0.4 is 0 Å². The lowest BCUT2D eigenvalue weighted by Crippen LogP contribution is -2.17. The van der Waals surface area contributed by atoms with Crippen LogP contribution in [0.1, 0.15) is 33.1 Å². The van der Waals surface area contributed by atoms with Crippen molar-refractivity contribution in [1.82, 2.24) is 4.90 Å². The molecule has 0 aromatic rings. The number of likely N-dealkylation sites (N-methyl/N-ethyl adjacent to an activating group) is 1. The van der Waals surface area contributed by atoms with Crippen LogP contribution in [0.15, 0.2) is 11.6 Å². The van der Waals surface area contributed by atoms with Gasteiger partial charge in [0.15, 0.2) is 0 Å². The molecule has 0 fully saturated rings. The molecule has 6 heteroatoms. The molecule has 0 aromatic carbocycles. The Kier molecular flexibility index (Phi) is 7.41. The van der Waals surface area contributed by atoms with Gasteiger partial charge >= 0.3 is 7.82 Å². The Morgan fingerprint density at radius 3 is 2.60 bits per heavy atom. The predicted molar refractivity (Wildman–Crippen MR) is 80.5 cm³/mol. The third-order valence-electron chi connectivity index (χ3n) is 3.61. The number of allylic oxidation sites excluding steroid dienone is 1. The topological polar surface area (TPSA) is 59.0 Å². The number of hydrogen-bond donors (Lipinski definition) is 1. The van der Waals surface area contributed by atoms with Gasteiger partial charge in [0.2, 0.25) is 0 Å². The molecule has 1 rings (SSSR count). The lowest BCUT2D eigenvalue weighted by atomic mass is 9.82. The summed E-state index contributed by atoms with van der Waals surface area (Å²) in [5.41, 5.74) is 1.33. The summed E-state index contributed by atoms with van der Waals surface area (Å²) >= 11 is 0. The summed E-state index contributed by atoms with van der Waals surface area (Å²) in [7, 11) is -0.143. The van der Waals surface area contributed by atoms with Crippen molar-refractivity contribution in [2.45, 2.75) is 33.1 Å². The van der Waals surface area contributed by atoms with Gasteiger partial charge in [0.05, 0.1) is 13.2 Å². The van der Waals surface area contributed by atoms with Gasteiger partial charge in [-0.05, 0) is 45.2 Å². The Morgan fingerprint density at radius 1 is 1.35 bits per heavy atom. The molecular weight excluding hydrogens is 277 g/mol. The lowest BCUT2D eigenvalue weighted by Gasteiger charge is -2.25. The molecule has 0 saturated heterocycles. The summed E-state index contributed by atoms with van der Waals surface area (Å²) in [5, 5.41) is 0. The summed E-state index contributed by atoms with van der Waals surface area (Å²) in [6.45, 7) is 5.47. The van der Waals surface area contributed by atoms with Gasteiger partial charge in [0.25, 0.3) is 0 Å². The monoisotopic (exact) mass is 305 g/mol. The SMILES string of the molecule is C[C@@H]1CC=C(CCOP(=O)(O)OCCN(C)C)[C@H](C)C1. The highest BCUT2D eigenvalue weighted by Gasteiger charge is 2.22. The highest BCUT2D eigenvalue weighted by Crippen LogP contribution is 2.43. The van der Waals surface area contributed by atoms with Crippen LogP contribution in [-0.2, 0) is 13.6 Å². The van der Waals surface area contributed by atoms with E-state index < -0.39 is 7.82 Å². The number of phosphoric ester groups is 1. The van der Waals surface area contributed by atoms with Gasteiger partial charge < -0.3 is 9.79 Å². The average Bonchev–Trinajstić information content (AvgIpc) is 2.31. The quantitative estimate of drug-likeness (QED) is 0.551. The van der Waals surface area contributed by atoms with Crippen LogP contribution in [0.3, 0.4) is 0 Å². The normalized spacial score (nSPS) is 26.4. The fourth-order valence-corrected chi connectivity index (χ4v) is 3.12. The molecule has 0 spiro atoms. The summed E-state index contributed by atoms with van der Waals surface area (Å²) in [6.07, 6.45) is 5.23. The van der Waals surface area contributed by atoms with Crippen molar-refractivity contribution in [3.63, 3.8) is 0 Å². The van der Waals surface area contributed by atoms with Crippen LogP contribution >= 0.6 is 7.82 Å². The van der Waals surface area contributed by atoms with E-state index in [0.29, 0.717) is 18.9 Å². The summed E-state index contributed by atoms with van der Waals surface area (Å²) in [5.74, 6) is 1.27. The fraction of sp³-hybridized carbons (Fsp3) is 0.857. The number of phosphoric acid groups is 1. The Labute approximate surface area is 122 Å². The molecule has 1 aliphatic carbocycles. The third kappa shape index (κ3) is 7.00. The van der Waals surface area contributed by atoms with Crippen molar-refractivity contribution >= 4 is 7.82 Å². The summed E-state index contributed by atoms with van der Waals surface area (Å²) in [6, 6.07) is 0. The highest BCUT2D eigenvalue weighted by molar-refractivity contribution is 7.47. The number of nitrogens with zero attached hydrogens (tertiary/aromatic N) is 1. The predicted octanol–water partition coefficient (Wildman–Crippen LogP) is 3.06. The Morgan fingerprint density at radius 2 is 2.00 bits per heavy atom. The minimum absolute atomic E-state index is 0.192. The molecule has 0 heterocycles. The third-order valence-corrected chi connectivity index (χ3v) is 4.63. The molecule has 0 aromatic heterocycles. The molecule has 1 N–H and O–H groups in total. The van der Waals surface area contributed by atoms with Crippen LogP contribution in [0.2, 0.25) is 0 Å². The maximum atomic E-state index is 11.6. The fourth-order valence-electron chi connectivity index (χ4n) is 2.41. The molecule has 0 radical (unpaired) electrons. The van der Waals surface area contributed by atoms with Gasteiger partial charge in [0, 0.05) is 6.54 Å². The van der Waals surface area contributed by atoms with Crippen molar-refractivity contribution in [2.75, 3.05) is 33.9 Å². The zero-order valence-corrected chi connectivity index (χ0v) is 13.9. The Bertz CT molecular complexity index is 370. The second-order valence-corrected chi connectivity index (χ2v) is 7.40. The maximum absolute atomic E-state index is 11.6. The summed E-state index contributed by atoms with van der Waals surface area (Å²) < 4.78 is 21.6. The van der Waals surface area contributed by atoms with E-state index in [1.54, 1.807) is 0 Å². The Hall–Kier alpha value is -0.190. The second kappa shape index (κ2) is 8.30. The van der Waals surface area contributed by atoms with E-state index in [4.69, 9.17) is 9.05 Å². The van der Waals surface area contributed by atoms with Crippen LogP contribution in [0, 0.1) is 11.8 Å². The van der Waals surface area contributed by atoms with Crippen LogP contribution in [0.5, 0.6) is 0 Å². The van der Waals surface area contributed by atoms with E-state index in [9.17, 15) is 9.46 Å². The van der Waals surface area contributed by atoms with Crippen molar-refractivity contribution in [3.8, 4) is 0 Å². The van der Waals surface area contributed by atoms with Gasteiger partial charge in [-0.3, -0.25) is 9.05 Å².